The maximum atomic E-state index is 11.9. The molecule has 0 saturated heterocycles. The summed E-state index contributed by atoms with van der Waals surface area (Å²) in [5.74, 6) is -0.926. The van der Waals surface area contributed by atoms with Crippen molar-refractivity contribution in [2.75, 3.05) is 11.9 Å². The van der Waals surface area contributed by atoms with Gasteiger partial charge in [-0.3, -0.25) is 20.2 Å². The fourth-order valence-electron chi connectivity index (χ4n) is 1.67. The van der Waals surface area contributed by atoms with E-state index >= 15 is 0 Å². The van der Waals surface area contributed by atoms with Crippen LogP contribution in [0.1, 0.15) is 27.2 Å². The van der Waals surface area contributed by atoms with E-state index in [4.69, 9.17) is 4.74 Å². The van der Waals surface area contributed by atoms with Gasteiger partial charge in [-0.25, -0.2) is 9.78 Å². The number of carbonyl (C=O) groups is 2. The van der Waals surface area contributed by atoms with Crippen LogP contribution in [0.25, 0.3) is 6.08 Å². The van der Waals surface area contributed by atoms with Crippen molar-refractivity contribution in [1.29, 1.82) is 0 Å². The maximum Gasteiger partial charge on any atom is 0.350 e. The summed E-state index contributed by atoms with van der Waals surface area (Å²) in [5, 5.41) is 13.4. The lowest BCUT2D eigenvalue weighted by Crippen LogP contribution is -2.07. The highest BCUT2D eigenvalue weighted by molar-refractivity contribution is 7.17. The zero-order valence-electron chi connectivity index (χ0n) is 12.8. The predicted octanol–water partition coefficient (Wildman–Crippen LogP) is 3.25. The molecule has 10 heteroatoms. The van der Waals surface area contributed by atoms with Gasteiger partial charge in [0.05, 0.1) is 17.2 Å². The Morgan fingerprint density at radius 1 is 1.42 bits per heavy atom. The molecule has 2 aromatic rings. The molecular weight excluding hydrogens is 354 g/mol. The van der Waals surface area contributed by atoms with Crippen LogP contribution < -0.4 is 5.32 Å². The molecule has 2 rings (SSSR count). The number of thiazole rings is 1. The third-order valence-electron chi connectivity index (χ3n) is 2.68. The van der Waals surface area contributed by atoms with Crippen LogP contribution in [0.2, 0.25) is 0 Å². The van der Waals surface area contributed by atoms with Gasteiger partial charge in [-0.05, 0) is 26.0 Å². The van der Waals surface area contributed by atoms with Crippen LogP contribution in [0.5, 0.6) is 0 Å². The van der Waals surface area contributed by atoms with E-state index in [9.17, 15) is 19.7 Å². The van der Waals surface area contributed by atoms with Gasteiger partial charge in [0.15, 0.2) is 5.13 Å². The van der Waals surface area contributed by atoms with Gasteiger partial charge in [-0.2, -0.15) is 0 Å². The minimum atomic E-state index is -0.489. The number of aromatic nitrogens is 1. The molecular formula is C14H13N3O5S2. The standard InChI is InChI=1S/C14H13N3O5S2/c1-3-22-13(19)12-8(2)15-14(24-12)16-10(18)6-4-9-5-7-11(23-9)17(20)21/h4-7H,3H2,1-2H3,(H,15,16,18). The SMILES string of the molecule is CCOC(=O)c1sc(NC(=O)C=Cc2ccc([N+](=O)[O-])s2)nc1C. The number of hydrogen-bond acceptors (Lipinski definition) is 8. The highest BCUT2D eigenvalue weighted by atomic mass is 32.1. The number of rotatable bonds is 6. The Bertz CT molecular complexity index is 809. The van der Waals surface area contributed by atoms with Crippen LogP contribution >= 0.6 is 22.7 Å². The molecule has 1 amide bonds. The van der Waals surface area contributed by atoms with Gasteiger partial charge in [-0.1, -0.05) is 22.7 Å². The first-order valence-electron chi connectivity index (χ1n) is 6.78. The van der Waals surface area contributed by atoms with Crippen LogP contribution in [0.15, 0.2) is 18.2 Å². The van der Waals surface area contributed by atoms with Crippen LogP contribution in [0.4, 0.5) is 10.1 Å². The summed E-state index contributed by atoms with van der Waals surface area (Å²) in [5.41, 5.74) is 0.478. The summed E-state index contributed by atoms with van der Waals surface area (Å²) in [7, 11) is 0. The molecule has 126 valence electrons. The molecule has 8 nitrogen and oxygen atoms in total. The van der Waals surface area contributed by atoms with E-state index in [0.29, 0.717) is 15.4 Å². The number of thiophene rings is 1. The lowest BCUT2D eigenvalue weighted by atomic mass is 10.4. The molecule has 0 bridgehead atoms. The highest BCUT2D eigenvalue weighted by Gasteiger charge is 2.17. The van der Waals surface area contributed by atoms with E-state index in [0.717, 1.165) is 22.7 Å². The second-order valence-electron chi connectivity index (χ2n) is 4.41. The summed E-state index contributed by atoms with van der Waals surface area (Å²) in [4.78, 5) is 38.7. The Morgan fingerprint density at radius 3 is 2.79 bits per heavy atom. The number of carbonyl (C=O) groups excluding carboxylic acids is 2. The average molecular weight is 367 g/mol. The molecule has 0 atom stereocenters. The van der Waals surface area contributed by atoms with Crippen molar-refractivity contribution >= 4 is 50.8 Å². The van der Waals surface area contributed by atoms with Gasteiger partial charge in [0.1, 0.15) is 4.88 Å². The number of nitrogens with zero attached hydrogens (tertiary/aromatic N) is 2. The molecule has 0 saturated carbocycles. The minimum Gasteiger partial charge on any atom is -0.462 e. The quantitative estimate of drug-likeness (QED) is 0.363. The molecule has 0 radical (unpaired) electrons. The van der Waals surface area contributed by atoms with E-state index in [1.54, 1.807) is 19.9 Å². The van der Waals surface area contributed by atoms with E-state index < -0.39 is 16.8 Å². The fraction of sp³-hybridized carbons (Fsp3) is 0.214. The summed E-state index contributed by atoms with van der Waals surface area (Å²) in [6.45, 7) is 3.61. The normalized spacial score (nSPS) is 10.8. The molecule has 0 aliphatic carbocycles. The topological polar surface area (TPSA) is 111 Å². The summed E-state index contributed by atoms with van der Waals surface area (Å²) >= 11 is 1.99. The number of ether oxygens (including phenoxy) is 1. The fourth-order valence-corrected chi connectivity index (χ4v) is 3.26. The predicted molar refractivity (Wildman–Crippen MR) is 91.4 cm³/mol. The first-order chi connectivity index (χ1) is 11.4. The van der Waals surface area contributed by atoms with Crippen LogP contribution in [0, 0.1) is 17.0 Å². The van der Waals surface area contributed by atoms with E-state index in [2.05, 4.69) is 10.3 Å². The van der Waals surface area contributed by atoms with Crippen LogP contribution in [0.3, 0.4) is 0 Å². The van der Waals surface area contributed by atoms with Crippen molar-refractivity contribution in [3.8, 4) is 0 Å². The van der Waals surface area contributed by atoms with Crippen LogP contribution in [-0.4, -0.2) is 28.4 Å². The highest BCUT2D eigenvalue weighted by Crippen LogP contribution is 2.25. The summed E-state index contributed by atoms with van der Waals surface area (Å²) < 4.78 is 4.91. The molecule has 0 aliphatic rings. The van der Waals surface area contributed by atoms with Gasteiger partial charge in [-0.15, -0.1) is 0 Å². The molecule has 24 heavy (non-hydrogen) atoms. The Balaban J connectivity index is 2.01. The molecule has 1 N–H and O–H groups in total. The average Bonchev–Trinajstić information content (AvgIpc) is 3.12. The Labute approximate surface area is 144 Å². The second kappa shape index (κ2) is 7.79. The number of hydrogen-bond donors (Lipinski definition) is 1. The molecule has 0 aromatic carbocycles. The molecule has 2 aromatic heterocycles. The van der Waals surface area contributed by atoms with Crippen LogP contribution in [-0.2, 0) is 9.53 Å². The number of nitro groups is 1. The van der Waals surface area contributed by atoms with Crippen molar-refractivity contribution < 1.29 is 19.2 Å². The Morgan fingerprint density at radius 2 is 2.17 bits per heavy atom. The van der Waals surface area contributed by atoms with Crippen molar-refractivity contribution in [2.24, 2.45) is 0 Å². The zero-order valence-corrected chi connectivity index (χ0v) is 14.4. The minimum absolute atomic E-state index is 0.00434. The maximum absolute atomic E-state index is 11.9. The van der Waals surface area contributed by atoms with Gasteiger partial charge in [0, 0.05) is 17.0 Å². The molecule has 2 heterocycles. The van der Waals surface area contributed by atoms with Crippen molar-refractivity contribution in [3.63, 3.8) is 0 Å². The van der Waals surface area contributed by atoms with Crippen molar-refractivity contribution in [3.05, 3.63) is 43.8 Å². The smallest absolute Gasteiger partial charge is 0.350 e. The molecule has 0 aliphatic heterocycles. The van der Waals surface area contributed by atoms with Gasteiger partial charge in [0.2, 0.25) is 5.91 Å². The lowest BCUT2D eigenvalue weighted by Gasteiger charge is -1.97. The first-order valence-corrected chi connectivity index (χ1v) is 8.41. The van der Waals surface area contributed by atoms with Gasteiger partial charge in [0.25, 0.3) is 0 Å². The first kappa shape index (κ1) is 17.8. The number of amides is 1. The van der Waals surface area contributed by atoms with E-state index in [1.165, 1.54) is 18.2 Å². The Hall–Kier alpha value is -2.59. The largest absolute Gasteiger partial charge is 0.462 e. The monoisotopic (exact) mass is 367 g/mol. The Kier molecular flexibility index (Phi) is 5.77. The molecule has 0 fully saturated rings. The number of nitrogens with one attached hydrogen (secondary N) is 1. The van der Waals surface area contributed by atoms with E-state index in [-0.39, 0.29) is 16.7 Å². The second-order valence-corrected chi connectivity index (χ2v) is 6.50. The number of anilines is 1. The zero-order chi connectivity index (χ0) is 17.7. The third-order valence-corrected chi connectivity index (χ3v) is 4.73. The molecule has 0 unspecified atom stereocenters. The summed E-state index contributed by atoms with van der Waals surface area (Å²) in [6.07, 6.45) is 2.72. The van der Waals surface area contributed by atoms with Crippen molar-refractivity contribution in [2.45, 2.75) is 13.8 Å². The summed E-state index contributed by atoms with van der Waals surface area (Å²) in [6, 6.07) is 2.93. The van der Waals surface area contributed by atoms with E-state index in [1.807, 2.05) is 0 Å². The lowest BCUT2D eigenvalue weighted by molar-refractivity contribution is -0.380. The van der Waals surface area contributed by atoms with Crippen molar-refractivity contribution in [1.82, 2.24) is 4.98 Å². The molecule has 0 spiro atoms. The van der Waals surface area contributed by atoms with Gasteiger partial charge < -0.3 is 4.74 Å². The number of esters is 1. The van der Waals surface area contributed by atoms with Gasteiger partial charge >= 0.3 is 11.0 Å². The number of aryl methyl sites for hydroxylation is 1. The third kappa shape index (κ3) is 4.46.